The number of hydrogen-bond donors (Lipinski definition) is 3. The summed E-state index contributed by atoms with van der Waals surface area (Å²) in [6.07, 6.45) is 72.6. The van der Waals surface area contributed by atoms with E-state index in [-0.39, 0.29) is 25.7 Å². The summed E-state index contributed by atoms with van der Waals surface area (Å²) in [6, 6.07) is 0. The van der Waals surface area contributed by atoms with Crippen molar-refractivity contribution in [2.75, 3.05) is 39.6 Å². The van der Waals surface area contributed by atoms with Gasteiger partial charge in [-0.2, -0.15) is 0 Å². The maximum atomic E-state index is 13.1. The predicted octanol–water partition coefficient (Wildman–Crippen LogP) is 26.4. The largest absolute Gasteiger partial charge is 0.472 e. The van der Waals surface area contributed by atoms with Gasteiger partial charge in [0.1, 0.15) is 19.3 Å². The number of aliphatic hydroxyl groups excluding tert-OH is 1. The number of esters is 4. The van der Waals surface area contributed by atoms with E-state index in [1.54, 1.807) is 0 Å². The van der Waals surface area contributed by atoms with Crippen LogP contribution in [0.5, 0.6) is 0 Å². The van der Waals surface area contributed by atoms with Gasteiger partial charge in [-0.3, -0.25) is 37.3 Å². The molecule has 624 valence electrons. The second kappa shape index (κ2) is 78.7. The third-order valence-electron chi connectivity index (χ3n) is 20.3. The van der Waals surface area contributed by atoms with Crippen LogP contribution in [0, 0.1) is 5.92 Å². The predicted molar refractivity (Wildman–Crippen MR) is 432 cm³/mol. The molecule has 0 aliphatic carbocycles. The summed E-state index contributed by atoms with van der Waals surface area (Å²) in [5, 5.41) is 10.7. The molecule has 17 nitrogen and oxygen atoms in total. The highest BCUT2D eigenvalue weighted by atomic mass is 31.2. The molecule has 0 aromatic carbocycles. The Hall–Kier alpha value is -1.94. The van der Waals surface area contributed by atoms with Crippen molar-refractivity contribution in [3.8, 4) is 0 Å². The summed E-state index contributed by atoms with van der Waals surface area (Å²) in [5.74, 6) is -1.35. The summed E-state index contributed by atoms with van der Waals surface area (Å²) in [5.41, 5.74) is 0. The molecule has 0 saturated heterocycles. The van der Waals surface area contributed by atoms with Gasteiger partial charge in [-0.05, 0) is 31.6 Å². The first kappa shape index (κ1) is 103. The van der Waals surface area contributed by atoms with Crippen LogP contribution in [0.15, 0.2) is 0 Å². The van der Waals surface area contributed by atoms with E-state index in [4.69, 9.17) is 37.0 Å². The zero-order valence-electron chi connectivity index (χ0n) is 68.9. The Morgan fingerprint density at radius 2 is 0.438 bits per heavy atom. The molecule has 0 spiro atoms. The topological polar surface area (TPSA) is 237 Å². The first-order chi connectivity index (χ1) is 51.0. The Bertz CT molecular complexity index is 2000. The van der Waals surface area contributed by atoms with Gasteiger partial charge in [0.2, 0.25) is 0 Å². The number of ether oxygens (including phenoxy) is 4. The first-order valence-corrected chi connectivity index (χ1v) is 47.6. The minimum Gasteiger partial charge on any atom is -0.462 e. The molecule has 2 unspecified atom stereocenters. The van der Waals surface area contributed by atoms with E-state index in [1.165, 1.54) is 283 Å². The molecule has 0 heterocycles. The lowest BCUT2D eigenvalue weighted by Gasteiger charge is -2.21. The van der Waals surface area contributed by atoms with E-state index >= 15 is 0 Å². The zero-order chi connectivity index (χ0) is 76.9. The van der Waals surface area contributed by atoms with Crippen molar-refractivity contribution < 1.29 is 80.2 Å². The van der Waals surface area contributed by atoms with Gasteiger partial charge in [-0.1, -0.05) is 413 Å². The van der Waals surface area contributed by atoms with Crippen molar-refractivity contribution in [2.24, 2.45) is 5.92 Å². The van der Waals surface area contributed by atoms with Crippen molar-refractivity contribution in [1.82, 2.24) is 0 Å². The van der Waals surface area contributed by atoms with E-state index < -0.39 is 97.5 Å². The molecular weight excluding hydrogens is 1370 g/mol. The fraction of sp³-hybridized carbons (Fsp3) is 0.953. The average Bonchev–Trinajstić information content (AvgIpc) is 1.01. The first-order valence-electron chi connectivity index (χ1n) is 44.6. The molecule has 0 aliphatic rings. The van der Waals surface area contributed by atoms with Gasteiger partial charge < -0.3 is 33.8 Å². The molecule has 5 atom stereocenters. The van der Waals surface area contributed by atoms with Crippen molar-refractivity contribution >= 4 is 39.5 Å². The molecule has 19 heteroatoms. The highest BCUT2D eigenvalue weighted by Crippen LogP contribution is 2.45. The third-order valence-corrected chi connectivity index (χ3v) is 22.2. The number of unbranched alkanes of at least 4 members (excludes halogenated alkanes) is 58. The number of hydrogen-bond acceptors (Lipinski definition) is 15. The summed E-state index contributed by atoms with van der Waals surface area (Å²) in [4.78, 5) is 73.1. The number of aliphatic hydroxyl groups is 1. The molecule has 0 amide bonds. The molecule has 0 aliphatic heterocycles. The smallest absolute Gasteiger partial charge is 0.462 e. The SMILES string of the molecule is CCCCCCCCCCCCCCCCCCCCCCCCC(=O)OC[C@H](COP(=O)(O)OC[C@@H](O)COP(=O)(O)OC[C@@H](COC(=O)CCCCCCCCCC)OC(=O)CCCCCCCCCCCCC(C)C)OC(=O)CCCCCCCCCCCCCCCCCCCCCCCC. The average molecular weight is 1540 g/mol. The van der Waals surface area contributed by atoms with Crippen molar-refractivity contribution in [3.63, 3.8) is 0 Å². The third kappa shape index (κ3) is 79.9. The van der Waals surface area contributed by atoms with Gasteiger partial charge in [-0.25, -0.2) is 9.13 Å². The van der Waals surface area contributed by atoms with E-state index in [2.05, 4.69) is 34.6 Å². The van der Waals surface area contributed by atoms with Gasteiger partial charge in [0.15, 0.2) is 12.2 Å². The number of carbonyl (C=O) groups excluding carboxylic acids is 4. The van der Waals surface area contributed by atoms with Gasteiger partial charge in [0, 0.05) is 25.7 Å². The summed E-state index contributed by atoms with van der Waals surface area (Å²) >= 11 is 0. The van der Waals surface area contributed by atoms with Gasteiger partial charge in [0.05, 0.1) is 26.4 Å². The molecule has 3 N–H and O–H groups in total. The maximum absolute atomic E-state index is 13.1. The molecule has 0 fully saturated rings. The minimum atomic E-state index is -4.96. The fourth-order valence-electron chi connectivity index (χ4n) is 13.5. The van der Waals surface area contributed by atoms with E-state index in [0.29, 0.717) is 25.7 Å². The lowest BCUT2D eigenvalue weighted by atomic mass is 10.0. The molecule has 0 saturated carbocycles. The monoisotopic (exact) mass is 1540 g/mol. The maximum Gasteiger partial charge on any atom is 0.472 e. The standard InChI is InChI=1S/C86H168O17P2/c1-6-9-12-15-18-21-23-25-27-29-31-33-35-37-39-41-43-45-50-55-60-65-70-84(89)97-76-82(103-85(90)71-66-61-56-51-46-44-42-40-38-36-34-32-30-28-26-24-22-19-16-13-10-7-2)78-101-105(94,95)99-74-80(87)73-98-104(92,93)100-77-81(75-96-83(88)69-64-59-54-20-17-14-11-8-3)102-86(91)72-67-62-57-52-48-47-49-53-58-63-68-79(4)5/h79-82,87H,6-78H2,1-5H3,(H,92,93)(H,94,95)/t80-,81+,82+/m0/s1. The fourth-order valence-corrected chi connectivity index (χ4v) is 15.1. The summed E-state index contributed by atoms with van der Waals surface area (Å²) in [7, 11) is -9.92. The number of carbonyl (C=O) groups is 4. The van der Waals surface area contributed by atoms with E-state index in [1.807, 2.05) is 0 Å². The van der Waals surface area contributed by atoms with Crippen LogP contribution in [-0.4, -0.2) is 96.7 Å². The van der Waals surface area contributed by atoms with Gasteiger partial charge in [-0.15, -0.1) is 0 Å². The van der Waals surface area contributed by atoms with E-state index in [9.17, 15) is 43.2 Å². The Kier molecular flexibility index (Phi) is 77.3. The quantitative estimate of drug-likeness (QED) is 0.0222. The van der Waals surface area contributed by atoms with Crippen molar-refractivity contribution in [3.05, 3.63) is 0 Å². The normalized spacial score (nSPS) is 13.8. The molecular formula is C86H168O17P2. The summed E-state index contributed by atoms with van der Waals surface area (Å²) < 4.78 is 68.8. The van der Waals surface area contributed by atoms with Crippen LogP contribution in [0.25, 0.3) is 0 Å². The highest BCUT2D eigenvalue weighted by Gasteiger charge is 2.30. The lowest BCUT2D eigenvalue weighted by Crippen LogP contribution is -2.30. The Morgan fingerprint density at radius 1 is 0.257 bits per heavy atom. The molecule has 0 radical (unpaired) electrons. The van der Waals surface area contributed by atoms with E-state index in [0.717, 1.165) is 102 Å². The molecule has 0 rings (SSSR count). The van der Waals surface area contributed by atoms with Crippen molar-refractivity contribution in [1.29, 1.82) is 0 Å². The highest BCUT2D eigenvalue weighted by molar-refractivity contribution is 7.47. The number of phosphoric ester groups is 2. The van der Waals surface area contributed by atoms with Gasteiger partial charge >= 0.3 is 39.5 Å². The second-order valence-corrected chi connectivity index (χ2v) is 34.3. The van der Waals surface area contributed by atoms with Crippen LogP contribution in [0.3, 0.4) is 0 Å². The van der Waals surface area contributed by atoms with Gasteiger partial charge in [0.25, 0.3) is 0 Å². The lowest BCUT2D eigenvalue weighted by molar-refractivity contribution is -0.161. The van der Waals surface area contributed by atoms with Crippen LogP contribution in [0.4, 0.5) is 0 Å². The Morgan fingerprint density at radius 3 is 0.648 bits per heavy atom. The van der Waals surface area contributed by atoms with Crippen molar-refractivity contribution in [2.45, 2.75) is 483 Å². The Balaban J connectivity index is 5.15. The zero-order valence-corrected chi connectivity index (χ0v) is 70.7. The second-order valence-electron chi connectivity index (χ2n) is 31.4. The summed E-state index contributed by atoms with van der Waals surface area (Å²) in [6.45, 7) is 7.31. The van der Waals surface area contributed by atoms with Crippen LogP contribution in [0.1, 0.15) is 465 Å². The van der Waals surface area contributed by atoms with Crippen LogP contribution >= 0.6 is 15.6 Å². The van der Waals surface area contributed by atoms with Crippen LogP contribution in [-0.2, 0) is 65.4 Å². The van der Waals surface area contributed by atoms with Crippen LogP contribution < -0.4 is 0 Å². The molecule has 0 aromatic heterocycles. The van der Waals surface area contributed by atoms with Crippen LogP contribution in [0.2, 0.25) is 0 Å². The number of phosphoric acid groups is 2. The molecule has 105 heavy (non-hydrogen) atoms. The minimum absolute atomic E-state index is 0.106. The number of rotatable bonds is 86. The molecule has 0 bridgehead atoms. The molecule has 0 aromatic rings. The Labute approximate surface area is 645 Å².